The number of carbonyl (C=O) groups is 2. The van der Waals surface area contributed by atoms with Gasteiger partial charge in [0.2, 0.25) is 0 Å². The van der Waals surface area contributed by atoms with E-state index in [1.165, 1.54) is 5.38 Å². The summed E-state index contributed by atoms with van der Waals surface area (Å²) in [6, 6.07) is 0. The van der Waals surface area contributed by atoms with Gasteiger partial charge in [-0.2, -0.15) is 0 Å². The lowest BCUT2D eigenvalue weighted by molar-refractivity contribution is 0.0691. The van der Waals surface area contributed by atoms with Crippen LogP contribution < -0.4 is 10.9 Å². The first-order valence-electron chi connectivity index (χ1n) is 7.17. The Morgan fingerprint density at radius 3 is 2.50 bits per heavy atom. The van der Waals surface area contributed by atoms with E-state index in [4.69, 9.17) is 5.11 Å². The maximum absolute atomic E-state index is 12.3. The molecule has 2 rings (SSSR count). The van der Waals surface area contributed by atoms with Gasteiger partial charge in [-0.05, 0) is 6.92 Å². The number of thiazole rings is 1. The minimum absolute atomic E-state index is 0.0384. The number of carboxylic acids is 1. The van der Waals surface area contributed by atoms with E-state index >= 15 is 0 Å². The van der Waals surface area contributed by atoms with Crippen molar-refractivity contribution in [3.8, 4) is 0 Å². The lowest BCUT2D eigenvalue weighted by atomic mass is 9.95. The molecule has 0 bridgehead atoms. The Labute approximate surface area is 142 Å². The Balaban J connectivity index is 2.18. The number of carbonyl (C=O) groups excluding carboxylic acids is 1. The average Bonchev–Trinajstić information content (AvgIpc) is 2.92. The van der Waals surface area contributed by atoms with Crippen LogP contribution in [-0.2, 0) is 12.0 Å². The van der Waals surface area contributed by atoms with Gasteiger partial charge >= 0.3 is 5.97 Å². The van der Waals surface area contributed by atoms with E-state index in [2.05, 4.69) is 20.3 Å². The predicted octanol–water partition coefficient (Wildman–Crippen LogP) is 1.46. The van der Waals surface area contributed by atoms with Crippen LogP contribution in [0.3, 0.4) is 0 Å². The lowest BCUT2D eigenvalue weighted by Gasteiger charge is -2.18. The van der Waals surface area contributed by atoms with Crippen LogP contribution in [0.4, 0.5) is 0 Å². The molecular formula is C15H18N4O4S. The highest BCUT2D eigenvalue weighted by Crippen LogP contribution is 2.17. The largest absolute Gasteiger partial charge is 0.476 e. The number of amides is 1. The number of aryl methyl sites for hydroxylation is 1. The Morgan fingerprint density at radius 2 is 2.00 bits per heavy atom. The first-order valence-corrected chi connectivity index (χ1v) is 8.05. The van der Waals surface area contributed by atoms with Gasteiger partial charge in [-0.1, -0.05) is 20.8 Å². The van der Waals surface area contributed by atoms with Gasteiger partial charge < -0.3 is 15.4 Å². The second kappa shape index (κ2) is 6.52. The van der Waals surface area contributed by atoms with Gasteiger partial charge in [0.1, 0.15) is 16.4 Å². The highest BCUT2D eigenvalue weighted by Gasteiger charge is 2.22. The summed E-state index contributed by atoms with van der Waals surface area (Å²) >= 11 is 1.12. The van der Waals surface area contributed by atoms with Crippen LogP contribution in [0.2, 0.25) is 0 Å². The van der Waals surface area contributed by atoms with Crippen LogP contribution in [0, 0.1) is 6.92 Å². The average molecular weight is 350 g/mol. The number of nitrogens with one attached hydrogen (secondary N) is 2. The monoisotopic (exact) mass is 350 g/mol. The molecule has 2 aromatic heterocycles. The summed E-state index contributed by atoms with van der Waals surface area (Å²) in [5.41, 5.74) is -0.637. The molecule has 1 amide bonds. The summed E-state index contributed by atoms with van der Waals surface area (Å²) in [6.45, 7) is 7.37. The molecule has 0 saturated heterocycles. The zero-order valence-electron chi connectivity index (χ0n) is 13.8. The summed E-state index contributed by atoms with van der Waals surface area (Å²) in [5.74, 6) is -1.19. The van der Waals surface area contributed by atoms with Crippen molar-refractivity contribution in [3.63, 3.8) is 0 Å². The van der Waals surface area contributed by atoms with Crippen LogP contribution in [0.25, 0.3) is 0 Å². The van der Waals surface area contributed by atoms with Crippen LogP contribution in [-0.4, -0.2) is 31.9 Å². The van der Waals surface area contributed by atoms with Gasteiger partial charge in [0.25, 0.3) is 11.5 Å². The van der Waals surface area contributed by atoms with E-state index in [9.17, 15) is 14.4 Å². The Hall–Kier alpha value is -2.55. The minimum Gasteiger partial charge on any atom is -0.476 e. The molecule has 0 spiro atoms. The van der Waals surface area contributed by atoms with Crippen molar-refractivity contribution < 1.29 is 14.7 Å². The Kier molecular flexibility index (Phi) is 4.83. The first kappa shape index (κ1) is 17.8. The minimum atomic E-state index is -1.13. The number of hydrogen-bond donors (Lipinski definition) is 3. The number of nitrogens with zero attached hydrogens (tertiary/aromatic N) is 2. The molecule has 0 radical (unpaired) electrons. The van der Waals surface area contributed by atoms with E-state index in [0.29, 0.717) is 16.5 Å². The molecule has 0 aromatic carbocycles. The predicted molar refractivity (Wildman–Crippen MR) is 88.5 cm³/mol. The van der Waals surface area contributed by atoms with Gasteiger partial charge in [0.05, 0.1) is 12.2 Å². The van der Waals surface area contributed by atoms with Crippen molar-refractivity contribution in [1.29, 1.82) is 0 Å². The Bertz CT molecular complexity index is 848. The molecule has 0 unspecified atom stereocenters. The van der Waals surface area contributed by atoms with Crippen molar-refractivity contribution in [2.75, 3.05) is 0 Å². The molecule has 0 saturated carbocycles. The maximum atomic E-state index is 12.3. The van der Waals surface area contributed by atoms with E-state index < -0.39 is 17.4 Å². The molecule has 0 aliphatic heterocycles. The summed E-state index contributed by atoms with van der Waals surface area (Å²) in [6.07, 6.45) is 0. The summed E-state index contributed by atoms with van der Waals surface area (Å²) in [7, 11) is 0. The third-order valence-corrected chi connectivity index (χ3v) is 4.06. The van der Waals surface area contributed by atoms with Crippen LogP contribution in [0.5, 0.6) is 0 Å². The van der Waals surface area contributed by atoms with E-state index in [0.717, 1.165) is 11.3 Å². The fourth-order valence-electron chi connectivity index (χ4n) is 1.94. The second-order valence-electron chi connectivity index (χ2n) is 6.24. The Morgan fingerprint density at radius 1 is 1.33 bits per heavy atom. The van der Waals surface area contributed by atoms with Gasteiger partial charge in [-0.25, -0.2) is 14.8 Å². The quantitative estimate of drug-likeness (QED) is 0.766. The molecule has 0 fully saturated rings. The number of hydrogen-bond acceptors (Lipinski definition) is 6. The fourth-order valence-corrected chi connectivity index (χ4v) is 2.65. The number of aromatic amines is 1. The molecular weight excluding hydrogens is 332 g/mol. The van der Waals surface area contributed by atoms with Crippen molar-refractivity contribution >= 4 is 23.2 Å². The lowest BCUT2D eigenvalue weighted by Crippen LogP contribution is -2.33. The second-order valence-corrected chi connectivity index (χ2v) is 7.18. The van der Waals surface area contributed by atoms with Crippen LogP contribution in [0.15, 0.2) is 10.2 Å². The summed E-state index contributed by atoms with van der Waals surface area (Å²) in [5, 5.41) is 13.2. The molecule has 0 aliphatic rings. The molecule has 0 atom stereocenters. The standard InChI is InChI=1S/C15H18N4O4S/c1-7-10(12(21)19-14(17-7)15(2,3)4)11(20)16-5-9-18-8(6-24-9)13(22)23/h6H,5H2,1-4H3,(H,16,20)(H,22,23)(H,17,19,21). The smallest absolute Gasteiger partial charge is 0.355 e. The van der Waals surface area contributed by atoms with E-state index in [1.54, 1.807) is 6.92 Å². The molecule has 3 N–H and O–H groups in total. The third kappa shape index (κ3) is 3.85. The zero-order chi connectivity index (χ0) is 18.1. The summed E-state index contributed by atoms with van der Waals surface area (Å²) < 4.78 is 0. The molecule has 2 heterocycles. The third-order valence-electron chi connectivity index (χ3n) is 3.21. The van der Waals surface area contributed by atoms with Gasteiger partial charge in [-0.3, -0.25) is 9.59 Å². The van der Waals surface area contributed by atoms with Crippen LogP contribution in [0.1, 0.15) is 58.1 Å². The van der Waals surface area contributed by atoms with Crippen molar-refractivity contribution in [3.05, 3.63) is 43.5 Å². The highest BCUT2D eigenvalue weighted by molar-refractivity contribution is 7.09. The molecule has 2 aromatic rings. The molecule has 24 heavy (non-hydrogen) atoms. The molecule has 9 heteroatoms. The van der Waals surface area contributed by atoms with Crippen molar-refractivity contribution in [2.24, 2.45) is 0 Å². The highest BCUT2D eigenvalue weighted by atomic mass is 32.1. The molecule has 8 nitrogen and oxygen atoms in total. The van der Waals surface area contributed by atoms with Gasteiger partial charge in [0.15, 0.2) is 5.69 Å². The molecule has 128 valence electrons. The number of aromatic nitrogens is 3. The SMILES string of the molecule is Cc1nc(C(C)(C)C)[nH]c(=O)c1C(=O)NCc1nc(C(=O)O)cs1. The fraction of sp³-hybridized carbons (Fsp3) is 0.400. The zero-order valence-corrected chi connectivity index (χ0v) is 14.6. The van der Waals surface area contributed by atoms with Crippen molar-refractivity contribution in [1.82, 2.24) is 20.3 Å². The number of aromatic carboxylic acids is 1. The van der Waals surface area contributed by atoms with Crippen LogP contribution >= 0.6 is 11.3 Å². The normalized spacial score (nSPS) is 11.3. The molecule has 0 aliphatic carbocycles. The number of rotatable bonds is 4. The van der Waals surface area contributed by atoms with E-state index in [-0.39, 0.29) is 23.2 Å². The first-order chi connectivity index (χ1) is 11.1. The van der Waals surface area contributed by atoms with Gasteiger partial charge in [-0.15, -0.1) is 11.3 Å². The van der Waals surface area contributed by atoms with E-state index in [1.807, 2.05) is 20.8 Å². The van der Waals surface area contributed by atoms with Gasteiger partial charge in [0, 0.05) is 10.8 Å². The summed E-state index contributed by atoms with van der Waals surface area (Å²) in [4.78, 5) is 46.0. The topological polar surface area (TPSA) is 125 Å². The maximum Gasteiger partial charge on any atom is 0.355 e. The van der Waals surface area contributed by atoms with Crippen molar-refractivity contribution in [2.45, 2.75) is 39.7 Å². The number of carboxylic acid groups (broad SMARTS) is 1. The number of H-pyrrole nitrogens is 1.